The van der Waals surface area contributed by atoms with Crippen molar-refractivity contribution < 1.29 is 9.53 Å². The second-order valence-electron chi connectivity index (χ2n) is 3.87. The molecule has 0 bridgehead atoms. The number of para-hydroxylation sites is 1. The first kappa shape index (κ1) is 11.3. The zero-order valence-electron chi connectivity index (χ0n) is 9.15. The van der Waals surface area contributed by atoms with Crippen molar-refractivity contribution in [3.8, 4) is 5.75 Å². The second kappa shape index (κ2) is 4.74. The highest BCUT2D eigenvalue weighted by molar-refractivity contribution is 6.18. The Morgan fingerprint density at radius 3 is 3.00 bits per heavy atom. The van der Waals surface area contributed by atoms with Crippen molar-refractivity contribution in [2.45, 2.75) is 12.5 Å². The molecule has 0 saturated carbocycles. The van der Waals surface area contributed by atoms with Gasteiger partial charge in [-0.2, -0.15) is 0 Å². The first-order valence-corrected chi connectivity index (χ1v) is 5.81. The molecule has 2 rings (SSSR count). The van der Waals surface area contributed by atoms with Gasteiger partial charge in [0.1, 0.15) is 5.75 Å². The van der Waals surface area contributed by atoms with Gasteiger partial charge in [0, 0.05) is 25.9 Å². The highest BCUT2D eigenvalue weighted by atomic mass is 35.5. The van der Waals surface area contributed by atoms with Crippen LogP contribution in [0, 0.1) is 0 Å². The molecule has 0 N–H and O–H groups in total. The van der Waals surface area contributed by atoms with Crippen LogP contribution in [0.1, 0.15) is 5.56 Å². The predicted molar refractivity (Wildman–Crippen MR) is 62.9 cm³/mol. The van der Waals surface area contributed by atoms with Crippen LogP contribution in [0.3, 0.4) is 0 Å². The standard InChI is InChI=1S/C12H14ClNO2/c1-14(7-6-13)12(15)11-8-9-4-2-3-5-10(9)16-11/h2-5,11H,6-8H2,1H3. The Bertz CT molecular complexity index is 369. The van der Waals surface area contributed by atoms with Gasteiger partial charge in [0.15, 0.2) is 6.10 Å². The number of rotatable bonds is 3. The van der Waals surface area contributed by atoms with Gasteiger partial charge >= 0.3 is 0 Å². The van der Waals surface area contributed by atoms with E-state index in [1.165, 1.54) is 0 Å². The van der Waals surface area contributed by atoms with E-state index < -0.39 is 0 Å². The van der Waals surface area contributed by atoms with Crippen LogP contribution in [0.4, 0.5) is 0 Å². The van der Waals surface area contributed by atoms with Crippen LogP contribution in [-0.2, 0) is 11.2 Å². The summed E-state index contributed by atoms with van der Waals surface area (Å²) in [7, 11) is 1.75. The monoisotopic (exact) mass is 239 g/mol. The highest BCUT2D eigenvalue weighted by Gasteiger charge is 2.30. The maximum Gasteiger partial charge on any atom is 0.263 e. The van der Waals surface area contributed by atoms with Gasteiger partial charge in [-0.05, 0) is 11.6 Å². The number of likely N-dealkylation sites (N-methyl/N-ethyl adjacent to an activating group) is 1. The molecule has 1 unspecified atom stereocenters. The smallest absolute Gasteiger partial charge is 0.263 e. The van der Waals surface area contributed by atoms with E-state index in [4.69, 9.17) is 16.3 Å². The number of hydrogen-bond donors (Lipinski definition) is 0. The maximum atomic E-state index is 11.9. The van der Waals surface area contributed by atoms with Crippen LogP contribution in [0.5, 0.6) is 5.75 Å². The molecular formula is C12H14ClNO2. The molecule has 0 fully saturated rings. The Hall–Kier alpha value is -1.22. The van der Waals surface area contributed by atoms with E-state index in [1.54, 1.807) is 11.9 Å². The summed E-state index contributed by atoms with van der Waals surface area (Å²) in [6.07, 6.45) is 0.271. The molecule has 0 aliphatic carbocycles. The SMILES string of the molecule is CN(CCCl)C(=O)C1Cc2ccccc2O1. The molecule has 16 heavy (non-hydrogen) atoms. The summed E-state index contributed by atoms with van der Waals surface area (Å²) in [6.45, 7) is 0.552. The lowest BCUT2D eigenvalue weighted by Gasteiger charge is -2.19. The number of benzene rings is 1. The summed E-state index contributed by atoms with van der Waals surface area (Å²) in [5.74, 6) is 1.26. The number of nitrogens with zero attached hydrogens (tertiary/aromatic N) is 1. The third kappa shape index (κ3) is 2.14. The number of ether oxygens (including phenoxy) is 1. The number of alkyl halides is 1. The molecular weight excluding hydrogens is 226 g/mol. The highest BCUT2D eigenvalue weighted by Crippen LogP contribution is 2.28. The number of fused-ring (bicyclic) bond motifs is 1. The predicted octanol–water partition coefficient (Wildman–Crippen LogP) is 1.69. The van der Waals surface area contributed by atoms with E-state index in [9.17, 15) is 4.79 Å². The maximum absolute atomic E-state index is 11.9. The van der Waals surface area contributed by atoms with Crippen molar-refractivity contribution in [1.82, 2.24) is 4.90 Å². The minimum absolute atomic E-state index is 0.00292. The fourth-order valence-corrected chi connectivity index (χ4v) is 2.06. The third-order valence-corrected chi connectivity index (χ3v) is 2.89. The van der Waals surface area contributed by atoms with E-state index in [-0.39, 0.29) is 12.0 Å². The van der Waals surface area contributed by atoms with E-state index in [1.807, 2.05) is 24.3 Å². The fraction of sp³-hybridized carbons (Fsp3) is 0.417. The number of carbonyl (C=O) groups is 1. The lowest BCUT2D eigenvalue weighted by Crippen LogP contribution is -2.39. The van der Waals surface area contributed by atoms with Gasteiger partial charge in [-0.3, -0.25) is 4.79 Å². The summed E-state index contributed by atoms with van der Waals surface area (Å²) in [6, 6.07) is 7.75. The van der Waals surface area contributed by atoms with E-state index in [2.05, 4.69) is 0 Å². The van der Waals surface area contributed by atoms with Crippen molar-refractivity contribution in [2.75, 3.05) is 19.5 Å². The largest absolute Gasteiger partial charge is 0.480 e. The van der Waals surface area contributed by atoms with Crippen molar-refractivity contribution in [3.63, 3.8) is 0 Å². The molecule has 1 aliphatic heterocycles. The molecule has 1 aliphatic rings. The minimum Gasteiger partial charge on any atom is -0.480 e. The Balaban J connectivity index is 2.03. The molecule has 1 amide bonds. The summed E-state index contributed by atoms with van der Waals surface area (Å²) in [4.78, 5) is 13.6. The van der Waals surface area contributed by atoms with Gasteiger partial charge in [-0.15, -0.1) is 11.6 Å². The number of amides is 1. The quantitative estimate of drug-likeness (QED) is 0.752. The van der Waals surface area contributed by atoms with Gasteiger partial charge in [-0.1, -0.05) is 18.2 Å². The molecule has 1 heterocycles. The fourth-order valence-electron chi connectivity index (χ4n) is 1.80. The molecule has 4 heteroatoms. The first-order chi connectivity index (χ1) is 7.72. The average Bonchev–Trinajstić information content (AvgIpc) is 2.71. The lowest BCUT2D eigenvalue weighted by atomic mass is 10.1. The summed E-state index contributed by atoms with van der Waals surface area (Å²) in [5, 5.41) is 0. The van der Waals surface area contributed by atoms with Crippen molar-refractivity contribution in [2.24, 2.45) is 0 Å². The summed E-state index contributed by atoms with van der Waals surface area (Å²) >= 11 is 5.60. The third-order valence-electron chi connectivity index (χ3n) is 2.72. The van der Waals surface area contributed by atoms with E-state index in [0.29, 0.717) is 18.8 Å². The Morgan fingerprint density at radius 2 is 2.31 bits per heavy atom. The average molecular weight is 240 g/mol. The molecule has 3 nitrogen and oxygen atoms in total. The zero-order chi connectivity index (χ0) is 11.5. The topological polar surface area (TPSA) is 29.5 Å². The van der Waals surface area contributed by atoms with Crippen LogP contribution in [-0.4, -0.2) is 36.4 Å². The molecule has 1 aromatic rings. The normalized spacial score (nSPS) is 17.8. The van der Waals surface area contributed by atoms with Gasteiger partial charge in [0.05, 0.1) is 0 Å². The number of halogens is 1. The van der Waals surface area contributed by atoms with Crippen LogP contribution < -0.4 is 4.74 Å². The molecule has 0 aromatic heterocycles. The molecule has 0 saturated heterocycles. The molecule has 0 radical (unpaired) electrons. The van der Waals surface area contributed by atoms with Gasteiger partial charge in [0.25, 0.3) is 5.91 Å². The van der Waals surface area contributed by atoms with E-state index >= 15 is 0 Å². The van der Waals surface area contributed by atoms with Gasteiger partial charge in [-0.25, -0.2) is 0 Å². The molecule has 1 atom stereocenters. The zero-order valence-corrected chi connectivity index (χ0v) is 9.91. The second-order valence-corrected chi connectivity index (χ2v) is 4.25. The molecule has 0 spiro atoms. The lowest BCUT2D eigenvalue weighted by molar-refractivity contribution is -0.136. The Labute approximate surface area is 100.0 Å². The van der Waals surface area contributed by atoms with Crippen LogP contribution >= 0.6 is 11.6 Å². The van der Waals surface area contributed by atoms with Crippen LogP contribution in [0.25, 0.3) is 0 Å². The van der Waals surface area contributed by atoms with Crippen molar-refractivity contribution in [1.29, 1.82) is 0 Å². The van der Waals surface area contributed by atoms with Crippen molar-refractivity contribution >= 4 is 17.5 Å². The van der Waals surface area contributed by atoms with E-state index in [0.717, 1.165) is 11.3 Å². The minimum atomic E-state index is -0.384. The van der Waals surface area contributed by atoms with Crippen LogP contribution in [0.15, 0.2) is 24.3 Å². The first-order valence-electron chi connectivity index (χ1n) is 5.28. The molecule has 86 valence electrons. The number of carbonyl (C=O) groups excluding carboxylic acids is 1. The van der Waals surface area contributed by atoms with Gasteiger partial charge in [0.2, 0.25) is 0 Å². The summed E-state index contributed by atoms with van der Waals surface area (Å²) < 4.78 is 5.60. The number of hydrogen-bond acceptors (Lipinski definition) is 2. The Kier molecular flexibility index (Phi) is 3.34. The Morgan fingerprint density at radius 1 is 1.56 bits per heavy atom. The summed E-state index contributed by atoms with van der Waals surface area (Å²) in [5.41, 5.74) is 1.10. The van der Waals surface area contributed by atoms with Gasteiger partial charge < -0.3 is 9.64 Å². The molecule has 1 aromatic carbocycles. The van der Waals surface area contributed by atoms with Crippen LogP contribution in [0.2, 0.25) is 0 Å². The van der Waals surface area contributed by atoms with Crippen molar-refractivity contribution in [3.05, 3.63) is 29.8 Å².